The number of carbonyl (C=O) groups excluding carboxylic acids is 2. The van der Waals surface area contributed by atoms with Gasteiger partial charge in [-0.1, -0.05) is 32.4 Å². The van der Waals surface area contributed by atoms with Crippen LogP contribution in [0.1, 0.15) is 61.5 Å². The summed E-state index contributed by atoms with van der Waals surface area (Å²) in [5.74, 6) is 2.00. The quantitative estimate of drug-likeness (QED) is 0.583. The SMILES string of the molecule is COc1ccc(OCC(=O)N2CCC3(CC2)CC(=O)c2cc(Cl)c(C)cc2O3)c(C(C)(C)C)c1. The largest absolute Gasteiger partial charge is 0.497 e. The highest BCUT2D eigenvalue weighted by Crippen LogP contribution is 2.41. The number of nitrogens with zero attached hydrogens (tertiary/aromatic N) is 1. The number of fused-ring (bicyclic) bond motifs is 1. The van der Waals surface area contributed by atoms with Crippen LogP contribution >= 0.6 is 11.6 Å². The molecule has 1 amide bonds. The van der Waals surface area contributed by atoms with Crippen LogP contribution in [0.25, 0.3) is 0 Å². The molecule has 2 aromatic carbocycles. The summed E-state index contributed by atoms with van der Waals surface area (Å²) in [6, 6.07) is 9.18. The third kappa shape index (κ3) is 4.88. The van der Waals surface area contributed by atoms with E-state index < -0.39 is 5.60 Å². The zero-order valence-corrected chi connectivity index (χ0v) is 21.3. The fourth-order valence-corrected chi connectivity index (χ4v) is 4.80. The van der Waals surface area contributed by atoms with Crippen LogP contribution in [0.15, 0.2) is 30.3 Å². The van der Waals surface area contributed by atoms with Crippen molar-refractivity contribution < 1.29 is 23.8 Å². The number of halogens is 1. The number of methoxy groups -OCH3 is 1. The minimum absolute atomic E-state index is 0.0390. The lowest BCUT2D eigenvalue weighted by molar-refractivity contribution is -0.137. The molecule has 2 heterocycles. The molecule has 34 heavy (non-hydrogen) atoms. The predicted molar refractivity (Wildman–Crippen MR) is 131 cm³/mol. The predicted octanol–water partition coefficient (Wildman–Crippen LogP) is 5.36. The van der Waals surface area contributed by atoms with Crippen LogP contribution in [-0.2, 0) is 10.2 Å². The second-order valence-corrected chi connectivity index (χ2v) is 10.7. The summed E-state index contributed by atoms with van der Waals surface area (Å²) in [6.45, 7) is 9.19. The summed E-state index contributed by atoms with van der Waals surface area (Å²) in [4.78, 5) is 27.5. The lowest BCUT2D eigenvalue weighted by atomic mass is 9.82. The van der Waals surface area contributed by atoms with E-state index in [9.17, 15) is 9.59 Å². The number of carbonyl (C=O) groups is 2. The number of Topliss-reactive ketones (excluding diaryl/α,β-unsaturated/α-hetero) is 1. The maximum Gasteiger partial charge on any atom is 0.260 e. The Labute approximate surface area is 206 Å². The number of piperidine rings is 1. The van der Waals surface area contributed by atoms with Crippen molar-refractivity contribution in [2.24, 2.45) is 0 Å². The number of amides is 1. The highest BCUT2D eigenvalue weighted by Gasteiger charge is 2.44. The van der Waals surface area contributed by atoms with Crippen molar-refractivity contribution >= 4 is 23.3 Å². The van der Waals surface area contributed by atoms with E-state index in [0.29, 0.717) is 54.4 Å². The molecule has 0 aliphatic carbocycles. The highest BCUT2D eigenvalue weighted by molar-refractivity contribution is 6.31. The van der Waals surface area contributed by atoms with Gasteiger partial charge in [-0.25, -0.2) is 0 Å². The van der Waals surface area contributed by atoms with Crippen LogP contribution in [-0.4, -0.2) is 49.0 Å². The zero-order chi connectivity index (χ0) is 24.7. The van der Waals surface area contributed by atoms with Gasteiger partial charge in [0.1, 0.15) is 22.8 Å². The third-order valence-corrected chi connectivity index (χ3v) is 7.15. The fourth-order valence-electron chi connectivity index (χ4n) is 4.64. The molecule has 182 valence electrons. The molecule has 1 fully saturated rings. The van der Waals surface area contributed by atoms with Crippen molar-refractivity contribution in [2.45, 2.75) is 58.0 Å². The Morgan fingerprint density at radius 2 is 1.88 bits per heavy atom. The van der Waals surface area contributed by atoms with Gasteiger partial charge in [-0.2, -0.15) is 0 Å². The van der Waals surface area contributed by atoms with Crippen LogP contribution in [0.4, 0.5) is 0 Å². The van der Waals surface area contributed by atoms with Gasteiger partial charge >= 0.3 is 0 Å². The lowest BCUT2D eigenvalue weighted by Gasteiger charge is -2.44. The van der Waals surface area contributed by atoms with Crippen molar-refractivity contribution in [3.63, 3.8) is 0 Å². The molecule has 0 bridgehead atoms. The molecule has 1 spiro atoms. The van der Waals surface area contributed by atoms with E-state index in [1.54, 1.807) is 18.1 Å². The van der Waals surface area contributed by atoms with Gasteiger partial charge in [-0.05, 0) is 48.2 Å². The minimum atomic E-state index is -0.572. The monoisotopic (exact) mass is 485 g/mol. The number of rotatable bonds is 4. The number of hydrogen-bond donors (Lipinski definition) is 0. The molecule has 1 saturated heterocycles. The maximum atomic E-state index is 12.9. The molecule has 2 aromatic rings. The fraction of sp³-hybridized carbons (Fsp3) is 0.481. The Kier molecular flexibility index (Phi) is 6.56. The lowest BCUT2D eigenvalue weighted by Crippen LogP contribution is -2.53. The van der Waals surface area contributed by atoms with Gasteiger partial charge in [-0.3, -0.25) is 9.59 Å². The first-order valence-corrected chi connectivity index (χ1v) is 12.0. The number of ketones is 1. The molecular weight excluding hydrogens is 454 g/mol. The summed E-state index contributed by atoms with van der Waals surface area (Å²) in [5, 5.41) is 0.568. The van der Waals surface area contributed by atoms with Gasteiger partial charge in [0.2, 0.25) is 0 Å². The zero-order valence-electron chi connectivity index (χ0n) is 20.5. The Hall–Kier alpha value is -2.73. The van der Waals surface area contributed by atoms with Gasteiger partial charge in [0.25, 0.3) is 5.91 Å². The average Bonchev–Trinajstić information content (AvgIpc) is 2.78. The molecular formula is C27H32ClNO5. The van der Waals surface area contributed by atoms with E-state index >= 15 is 0 Å². The van der Waals surface area contributed by atoms with Crippen LogP contribution in [0.2, 0.25) is 5.02 Å². The van der Waals surface area contributed by atoms with E-state index in [-0.39, 0.29) is 23.7 Å². The van der Waals surface area contributed by atoms with Crippen molar-refractivity contribution in [1.29, 1.82) is 0 Å². The first-order chi connectivity index (χ1) is 16.0. The Bertz CT molecular complexity index is 1110. The Morgan fingerprint density at radius 1 is 1.18 bits per heavy atom. The molecule has 0 N–H and O–H groups in total. The topological polar surface area (TPSA) is 65.1 Å². The minimum Gasteiger partial charge on any atom is -0.497 e. The molecule has 0 aromatic heterocycles. The number of benzene rings is 2. The van der Waals surface area contributed by atoms with Gasteiger partial charge in [-0.15, -0.1) is 0 Å². The van der Waals surface area contributed by atoms with E-state index in [1.165, 1.54) is 0 Å². The van der Waals surface area contributed by atoms with Gasteiger partial charge in [0, 0.05) is 36.5 Å². The molecule has 0 saturated carbocycles. The normalized spacial score (nSPS) is 17.2. The summed E-state index contributed by atoms with van der Waals surface area (Å²) in [6.07, 6.45) is 1.50. The smallest absolute Gasteiger partial charge is 0.260 e. The van der Waals surface area contributed by atoms with Crippen LogP contribution in [0, 0.1) is 6.92 Å². The summed E-state index contributed by atoms with van der Waals surface area (Å²) >= 11 is 6.20. The molecule has 6 nitrogen and oxygen atoms in total. The standard InChI is InChI=1S/C27H32ClNO5/c1-17-12-24-19(14-21(17)28)22(30)15-27(34-24)8-10-29(11-9-27)25(31)16-33-23-7-6-18(32-5)13-20(23)26(2,3)4/h6-7,12-14H,8-11,15-16H2,1-5H3. The van der Waals surface area contributed by atoms with Gasteiger partial charge < -0.3 is 19.1 Å². The summed E-state index contributed by atoms with van der Waals surface area (Å²) in [7, 11) is 1.63. The molecule has 0 radical (unpaired) electrons. The van der Waals surface area contributed by atoms with Gasteiger partial charge in [0.15, 0.2) is 12.4 Å². The molecule has 0 atom stereocenters. The van der Waals surface area contributed by atoms with E-state index in [0.717, 1.165) is 16.9 Å². The van der Waals surface area contributed by atoms with E-state index in [1.807, 2.05) is 31.2 Å². The summed E-state index contributed by atoms with van der Waals surface area (Å²) in [5.41, 5.74) is 1.68. The molecule has 2 aliphatic heterocycles. The van der Waals surface area contributed by atoms with Crippen molar-refractivity contribution in [3.8, 4) is 17.2 Å². The third-order valence-electron chi connectivity index (χ3n) is 6.74. The first-order valence-electron chi connectivity index (χ1n) is 11.6. The van der Waals surface area contributed by atoms with E-state index in [2.05, 4.69) is 20.8 Å². The van der Waals surface area contributed by atoms with Crippen molar-refractivity contribution in [2.75, 3.05) is 26.8 Å². The van der Waals surface area contributed by atoms with Crippen LogP contribution in [0.5, 0.6) is 17.2 Å². The van der Waals surface area contributed by atoms with Crippen LogP contribution < -0.4 is 14.2 Å². The Morgan fingerprint density at radius 3 is 2.53 bits per heavy atom. The number of ether oxygens (including phenoxy) is 3. The van der Waals surface area contributed by atoms with Gasteiger partial charge in [0.05, 0.1) is 19.1 Å². The second kappa shape index (κ2) is 9.14. The van der Waals surface area contributed by atoms with Crippen LogP contribution in [0.3, 0.4) is 0 Å². The first kappa shape index (κ1) is 24.4. The molecule has 0 unspecified atom stereocenters. The van der Waals surface area contributed by atoms with E-state index in [4.69, 9.17) is 25.8 Å². The molecule has 2 aliphatic rings. The number of likely N-dealkylation sites (tertiary alicyclic amines) is 1. The second-order valence-electron chi connectivity index (χ2n) is 10.3. The maximum absolute atomic E-state index is 12.9. The highest BCUT2D eigenvalue weighted by atomic mass is 35.5. The average molecular weight is 486 g/mol. The molecule has 4 rings (SSSR count). The molecule has 7 heteroatoms. The van der Waals surface area contributed by atoms with Crippen molar-refractivity contribution in [3.05, 3.63) is 52.0 Å². The summed E-state index contributed by atoms with van der Waals surface area (Å²) < 4.78 is 17.6. The number of hydrogen-bond acceptors (Lipinski definition) is 5. The van der Waals surface area contributed by atoms with Crippen molar-refractivity contribution in [1.82, 2.24) is 4.90 Å². The Balaban J connectivity index is 1.39. The number of aryl methyl sites for hydroxylation is 1.